The van der Waals surface area contributed by atoms with Crippen LogP contribution < -0.4 is 11.1 Å². The van der Waals surface area contributed by atoms with Crippen LogP contribution in [0.3, 0.4) is 0 Å². The molecule has 9 heteroatoms. The quantitative estimate of drug-likeness (QED) is 0.449. The lowest BCUT2D eigenvalue weighted by atomic mass is 10.0. The minimum Gasteiger partial charge on any atom is -0.366 e. The monoisotopic (exact) mass is 469 g/mol. The average Bonchev–Trinajstić information content (AvgIpc) is 3.45. The zero-order valence-electron chi connectivity index (χ0n) is 19.7. The lowest BCUT2D eigenvalue weighted by Crippen LogP contribution is -2.20. The number of primary amides is 1. The third kappa shape index (κ3) is 4.51. The van der Waals surface area contributed by atoms with Gasteiger partial charge in [0.15, 0.2) is 5.78 Å². The van der Waals surface area contributed by atoms with Gasteiger partial charge >= 0.3 is 0 Å². The number of amides is 1. The molecule has 2 aromatic carbocycles. The van der Waals surface area contributed by atoms with Crippen molar-refractivity contribution in [2.75, 3.05) is 14.1 Å². The Kier molecular flexibility index (Phi) is 6.02. The number of ketones is 1. The normalized spacial score (nSPS) is 15.7. The Morgan fingerprint density at radius 2 is 1.91 bits per heavy atom. The van der Waals surface area contributed by atoms with E-state index in [9.17, 15) is 9.59 Å². The predicted molar refractivity (Wildman–Crippen MR) is 132 cm³/mol. The van der Waals surface area contributed by atoms with Gasteiger partial charge in [0.1, 0.15) is 17.8 Å². The van der Waals surface area contributed by atoms with E-state index in [0.717, 1.165) is 23.6 Å². The molecule has 0 aliphatic carbocycles. The van der Waals surface area contributed by atoms with Crippen molar-refractivity contribution in [3.63, 3.8) is 0 Å². The Balaban J connectivity index is 1.38. The number of hydrogen-bond acceptors (Lipinski definition) is 6. The molecule has 0 saturated carbocycles. The summed E-state index contributed by atoms with van der Waals surface area (Å²) in [5, 5.41) is 3.47. The fourth-order valence-electron chi connectivity index (χ4n) is 4.46. The molecule has 0 spiro atoms. The Bertz CT molecular complexity index is 1380. The maximum atomic E-state index is 13.4. The summed E-state index contributed by atoms with van der Waals surface area (Å²) >= 11 is 0. The van der Waals surface area contributed by atoms with Gasteiger partial charge in [0.05, 0.1) is 12.2 Å². The molecular formula is C26H27N7O2. The number of aromatic nitrogens is 4. The van der Waals surface area contributed by atoms with Crippen molar-refractivity contribution in [3.05, 3.63) is 95.6 Å². The Morgan fingerprint density at radius 1 is 1.11 bits per heavy atom. The number of carbonyl (C=O) groups is 2. The predicted octanol–water partition coefficient (Wildman–Crippen LogP) is 2.64. The van der Waals surface area contributed by atoms with E-state index < -0.39 is 5.91 Å². The van der Waals surface area contributed by atoms with Gasteiger partial charge in [-0.15, -0.1) is 0 Å². The highest BCUT2D eigenvalue weighted by molar-refractivity contribution is 5.97. The average molecular weight is 470 g/mol. The summed E-state index contributed by atoms with van der Waals surface area (Å²) in [7, 11) is 4.03. The number of carbonyl (C=O) groups excluding carboxylic acids is 2. The molecule has 35 heavy (non-hydrogen) atoms. The second-order valence-electron chi connectivity index (χ2n) is 8.93. The number of hydrogen-bond donors (Lipinski definition) is 2. The number of nitrogens with zero attached hydrogens (tertiary/aromatic N) is 5. The standard InChI is InChI=1S/C26H27N7O2/c1-31(2)15-24-28-10-11-32(24)19-8-6-17(7-9-19)21-13-23(34)25-22(14-29-21)30-16-33(25)20-5-3-4-18(12-20)26(27)35/h3-12,16,21,29H,13-15H2,1-2H3,(H2,27,35). The number of rotatable bonds is 6. The van der Waals surface area contributed by atoms with Crippen LogP contribution in [0.4, 0.5) is 0 Å². The van der Waals surface area contributed by atoms with E-state index in [-0.39, 0.29) is 11.8 Å². The lowest BCUT2D eigenvalue weighted by Gasteiger charge is -2.17. The molecule has 5 rings (SSSR count). The largest absolute Gasteiger partial charge is 0.366 e. The molecule has 1 amide bonds. The molecular weight excluding hydrogens is 442 g/mol. The zero-order chi connectivity index (χ0) is 24.5. The Morgan fingerprint density at radius 3 is 2.66 bits per heavy atom. The van der Waals surface area contributed by atoms with Gasteiger partial charge < -0.3 is 20.5 Å². The van der Waals surface area contributed by atoms with Gasteiger partial charge in [-0.1, -0.05) is 18.2 Å². The summed E-state index contributed by atoms with van der Waals surface area (Å²) in [5.74, 6) is 0.438. The molecule has 3 heterocycles. The highest BCUT2D eigenvalue weighted by Gasteiger charge is 2.28. The highest BCUT2D eigenvalue weighted by atomic mass is 16.1. The molecule has 0 radical (unpaired) electrons. The summed E-state index contributed by atoms with van der Waals surface area (Å²) in [6.07, 6.45) is 5.67. The number of nitrogens with one attached hydrogen (secondary N) is 1. The van der Waals surface area contributed by atoms with Gasteiger partial charge in [0.2, 0.25) is 5.91 Å². The Labute approximate surface area is 203 Å². The number of fused-ring (bicyclic) bond motifs is 1. The molecule has 9 nitrogen and oxygen atoms in total. The molecule has 1 atom stereocenters. The van der Waals surface area contributed by atoms with Gasteiger partial charge in [-0.3, -0.25) is 14.2 Å². The third-order valence-electron chi connectivity index (χ3n) is 6.17. The first kappa shape index (κ1) is 22.7. The van der Waals surface area contributed by atoms with E-state index in [0.29, 0.717) is 35.6 Å². The minimum atomic E-state index is -0.515. The van der Waals surface area contributed by atoms with Crippen LogP contribution in [-0.2, 0) is 13.1 Å². The summed E-state index contributed by atoms with van der Waals surface area (Å²) in [6, 6.07) is 15.0. The highest BCUT2D eigenvalue weighted by Crippen LogP contribution is 2.27. The van der Waals surface area contributed by atoms with Gasteiger partial charge in [0.25, 0.3) is 0 Å². The van der Waals surface area contributed by atoms with E-state index >= 15 is 0 Å². The first-order valence-electron chi connectivity index (χ1n) is 11.4. The van der Waals surface area contributed by atoms with Crippen LogP contribution >= 0.6 is 0 Å². The number of nitrogens with two attached hydrogens (primary N) is 1. The SMILES string of the molecule is CN(C)Cc1nccn1-c1ccc(C2CC(=O)c3c(ncn3-c3cccc(C(N)=O)c3)CN2)cc1. The molecule has 1 unspecified atom stereocenters. The van der Waals surface area contributed by atoms with E-state index in [2.05, 4.69) is 24.8 Å². The topological polar surface area (TPSA) is 111 Å². The second-order valence-corrected chi connectivity index (χ2v) is 8.93. The molecule has 1 aliphatic heterocycles. The molecule has 178 valence electrons. The molecule has 2 aromatic heterocycles. The van der Waals surface area contributed by atoms with Crippen molar-refractivity contribution >= 4 is 11.7 Å². The van der Waals surface area contributed by atoms with Crippen LogP contribution in [0.15, 0.2) is 67.3 Å². The van der Waals surface area contributed by atoms with E-state index in [1.807, 2.05) is 50.6 Å². The smallest absolute Gasteiger partial charge is 0.248 e. The van der Waals surface area contributed by atoms with Gasteiger partial charge in [0, 0.05) is 48.3 Å². The van der Waals surface area contributed by atoms with Crippen molar-refractivity contribution in [1.82, 2.24) is 29.3 Å². The van der Waals surface area contributed by atoms with Crippen molar-refractivity contribution in [2.24, 2.45) is 5.73 Å². The second kappa shape index (κ2) is 9.28. The summed E-state index contributed by atoms with van der Waals surface area (Å²) in [4.78, 5) is 36.0. The van der Waals surface area contributed by atoms with Crippen LogP contribution in [-0.4, -0.2) is 49.8 Å². The lowest BCUT2D eigenvalue weighted by molar-refractivity contribution is 0.0965. The minimum absolute atomic E-state index is 0.0102. The molecule has 1 aliphatic rings. The van der Waals surface area contributed by atoms with E-state index in [4.69, 9.17) is 5.73 Å². The van der Waals surface area contributed by atoms with Crippen LogP contribution in [0, 0.1) is 0 Å². The summed E-state index contributed by atoms with van der Waals surface area (Å²) in [6.45, 7) is 1.20. The molecule has 0 fully saturated rings. The number of benzene rings is 2. The van der Waals surface area contributed by atoms with Crippen molar-refractivity contribution in [1.29, 1.82) is 0 Å². The Hall–Kier alpha value is -4.08. The van der Waals surface area contributed by atoms with Crippen molar-refractivity contribution < 1.29 is 9.59 Å². The fourth-order valence-corrected chi connectivity index (χ4v) is 4.46. The van der Waals surface area contributed by atoms with Crippen LogP contribution in [0.5, 0.6) is 0 Å². The third-order valence-corrected chi connectivity index (χ3v) is 6.17. The van der Waals surface area contributed by atoms with E-state index in [1.54, 1.807) is 35.3 Å². The van der Waals surface area contributed by atoms with E-state index in [1.165, 1.54) is 0 Å². The summed E-state index contributed by atoms with van der Waals surface area (Å²) in [5.41, 5.74) is 9.77. The van der Waals surface area contributed by atoms with Crippen LogP contribution in [0.25, 0.3) is 11.4 Å². The first-order chi connectivity index (χ1) is 16.9. The first-order valence-corrected chi connectivity index (χ1v) is 11.4. The molecule has 3 N–H and O–H groups in total. The van der Waals surface area contributed by atoms with Crippen molar-refractivity contribution in [3.8, 4) is 11.4 Å². The molecule has 0 saturated heterocycles. The number of imidazole rings is 2. The van der Waals surface area contributed by atoms with Gasteiger partial charge in [-0.05, 0) is 50.0 Å². The maximum absolute atomic E-state index is 13.4. The maximum Gasteiger partial charge on any atom is 0.248 e. The zero-order valence-corrected chi connectivity index (χ0v) is 19.7. The molecule has 0 bridgehead atoms. The van der Waals surface area contributed by atoms with Crippen LogP contribution in [0.1, 0.15) is 50.4 Å². The fraction of sp³-hybridized carbons (Fsp3) is 0.231. The molecule has 4 aromatic rings. The van der Waals surface area contributed by atoms with Gasteiger partial charge in [-0.25, -0.2) is 9.97 Å². The van der Waals surface area contributed by atoms with Crippen LogP contribution in [0.2, 0.25) is 0 Å². The van der Waals surface area contributed by atoms with Crippen molar-refractivity contribution in [2.45, 2.75) is 25.6 Å². The number of Topliss-reactive ketones (excluding diaryl/α,β-unsaturated/α-hetero) is 1. The summed E-state index contributed by atoms with van der Waals surface area (Å²) < 4.78 is 3.81. The van der Waals surface area contributed by atoms with Gasteiger partial charge in [-0.2, -0.15) is 0 Å².